The third-order valence-corrected chi connectivity index (χ3v) is 3.54. The number of phenols is 1. The summed E-state index contributed by atoms with van der Waals surface area (Å²) in [6.07, 6.45) is 0. The summed E-state index contributed by atoms with van der Waals surface area (Å²) in [6, 6.07) is 12.7. The fourth-order valence-corrected chi connectivity index (χ4v) is 2.57. The van der Waals surface area contributed by atoms with Crippen molar-refractivity contribution in [1.82, 2.24) is 4.98 Å². The Labute approximate surface area is 114 Å². The van der Waals surface area contributed by atoms with E-state index >= 15 is 0 Å². The molecule has 5 heteroatoms. The fourth-order valence-electron chi connectivity index (χ4n) is 1.68. The summed E-state index contributed by atoms with van der Waals surface area (Å²) >= 11 is 1.51. The number of phenolic OH excluding ortho intramolecular Hbond substituents is 1. The van der Waals surface area contributed by atoms with Gasteiger partial charge < -0.3 is 5.11 Å². The molecule has 1 aromatic heterocycles. The number of rotatable bonds is 2. The minimum absolute atomic E-state index is 0.217. The van der Waals surface area contributed by atoms with Crippen LogP contribution in [0.5, 0.6) is 5.75 Å². The fraction of sp³-hybridized carbons (Fsp3) is 0.0714. The van der Waals surface area contributed by atoms with E-state index in [0.29, 0.717) is 10.8 Å². The first-order valence-corrected chi connectivity index (χ1v) is 6.60. The quantitative estimate of drug-likeness (QED) is 0.684. The highest BCUT2D eigenvalue weighted by atomic mass is 32.1. The summed E-state index contributed by atoms with van der Waals surface area (Å²) in [7, 11) is 0. The minimum atomic E-state index is 0.217. The van der Waals surface area contributed by atoms with Crippen molar-refractivity contribution < 1.29 is 5.11 Å². The summed E-state index contributed by atoms with van der Waals surface area (Å²) in [4.78, 5) is 4.40. The highest BCUT2D eigenvalue weighted by Crippen LogP contribution is 2.30. The van der Waals surface area contributed by atoms with E-state index in [4.69, 9.17) is 0 Å². The zero-order valence-corrected chi connectivity index (χ0v) is 11.1. The molecule has 1 heterocycles. The second-order valence-electron chi connectivity index (χ2n) is 4.18. The highest BCUT2D eigenvalue weighted by Gasteiger charge is 2.02. The van der Waals surface area contributed by atoms with Crippen LogP contribution in [0.25, 0.3) is 10.2 Å². The van der Waals surface area contributed by atoms with Crippen LogP contribution in [0.2, 0.25) is 0 Å². The van der Waals surface area contributed by atoms with E-state index < -0.39 is 0 Å². The SMILES string of the molecule is Cc1ccc2nc(N=Nc3ccc(O)cc3)sc2c1. The molecular formula is C14H11N3OS. The molecule has 19 heavy (non-hydrogen) atoms. The third-order valence-electron chi connectivity index (χ3n) is 2.63. The van der Waals surface area contributed by atoms with Gasteiger partial charge in [0, 0.05) is 0 Å². The number of azo groups is 1. The molecule has 0 bridgehead atoms. The molecule has 0 aliphatic rings. The summed E-state index contributed by atoms with van der Waals surface area (Å²) in [5.41, 5.74) is 2.83. The van der Waals surface area contributed by atoms with Crippen molar-refractivity contribution in [3.8, 4) is 5.75 Å². The first-order chi connectivity index (χ1) is 9.20. The van der Waals surface area contributed by atoms with Crippen LogP contribution in [0, 0.1) is 6.92 Å². The van der Waals surface area contributed by atoms with Crippen LogP contribution < -0.4 is 0 Å². The summed E-state index contributed by atoms with van der Waals surface area (Å²) in [6.45, 7) is 2.05. The Hall–Kier alpha value is -2.27. The Morgan fingerprint density at radius 2 is 1.84 bits per heavy atom. The molecule has 94 valence electrons. The van der Waals surface area contributed by atoms with E-state index in [1.165, 1.54) is 16.9 Å². The lowest BCUT2D eigenvalue weighted by molar-refractivity contribution is 0.475. The molecule has 0 aliphatic carbocycles. The molecule has 0 aliphatic heterocycles. The summed E-state index contributed by atoms with van der Waals surface area (Å²) in [5.74, 6) is 0.217. The molecule has 2 aromatic carbocycles. The van der Waals surface area contributed by atoms with Crippen molar-refractivity contribution in [1.29, 1.82) is 0 Å². The average molecular weight is 269 g/mol. The van der Waals surface area contributed by atoms with E-state index in [9.17, 15) is 5.11 Å². The molecular weight excluding hydrogens is 258 g/mol. The number of hydrogen-bond donors (Lipinski definition) is 1. The monoisotopic (exact) mass is 269 g/mol. The van der Waals surface area contributed by atoms with Gasteiger partial charge in [0.1, 0.15) is 5.75 Å². The number of nitrogens with zero attached hydrogens (tertiary/aromatic N) is 3. The van der Waals surface area contributed by atoms with Gasteiger partial charge in [0.2, 0.25) is 5.13 Å². The molecule has 0 unspecified atom stereocenters. The number of aromatic nitrogens is 1. The van der Waals surface area contributed by atoms with Crippen LogP contribution in [0.1, 0.15) is 5.56 Å². The van der Waals surface area contributed by atoms with Crippen molar-refractivity contribution >= 4 is 32.4 Å². The van der Waals surface area contributed by atoms with Crippen LogP contribution in [0.3, 0.4) is 0 Å². The smallest absolute Gasteiger partial charge is 0.231 e. The highest BCUT2D eigenvalue weighted by molar-refractivity contribution is 7.21. The van der Waals surface area contributed by atoms with Crippen molar-refractivity contribution in [3.05, 3.63) is 48.0 Å². The first kappa shape index (κ1) is 11.8. The molecule has 3 aromatic rings. The van der Waals surface area contributed by atoms with Gasteiger partial charge in [-0.1, -0.05) is 17.4 Å². The van der Waals surface area contributed by atoms with Crippen LogP contribution in [0.4, 0.5) is 10.8 Å². The van der Waals surface area contributed by atoms with E-state index in [0.717, 1.165) is 10.2 Å². The van der Waals surface area contributed by atoms with Gasteiger partial charge in [-0.15, -0.1) is 10.2 Å². The first-order valence-electron chi connectivity index (χ1n) is 5.79. The number of hydrogen-bond acceptors (Lipinski definition) is 5. The van der Waals surface area contributed by atoms with Crippen LogP contribution in [-0.4, -0.2) is 10.1 Å². The minimum Gasteiger partial charge on any atom is -0.508 e. The molecule has 0 saturated carbocycles. The van der Waals surface area contributed by atoms with Crippen LogP contribution >= 0.6 is 11.3 Å². The summed E-state index contributed by atoms with van der Waals surface area (Å²) < 4.78 is 1.11. The lowest BCUT2D eigenvalue weighted by atomic mass is 10.2. The largest absolute Gasteiger partial charge is 0.508 e. The maximum absolute atomic E-state index is 9.18. The lowest BCUT2D eigenvalue weighted by Crippen LogP contribution is -1.69. The zero-order valence-electron chi connectivity index (χ0n) is 10.2. The van der Waals surface area contributed by atoms with Crippen molar-refractivity contribution in [3.63, 3.8) is 0 Å². The van der Waals surface area contributed by atoms with Gasteiger partial charge in [-0.3, -0.25) is 0 Å². The third kappa shape index (κ3) is 2.61. The molecule has 0 radical (unpaired) electrons. The predicted molar refractivity (Wildman–Crippen MR) is 76.6 cm³/mol. The van der Waals surface area contributed by atoms with E-state index in [1.807, 2.05) is 12.1 Å². The average Bonchev–Trinajstić information content (AvgIpc) is 2.80. The van der Waals surface area contributed by atoms with Crippen LogP contribution in [-0.2, 0) is 0 Å². The zero-order chi connectivity index (χ0) is 13.2. The number of fused-ring (bicyclic) bond motifs is 1. The van der Waals surface area contributed by atoms with E-state index in [1.54, 1.807) is 24.3 Å². The van der Waals surface area contributed by atoms with Crippen molar-refractivity contribution in [2.45, 2.75) is 6.92 Å². The Morgan fingerprint density at radius 3 is 2.63 bits per heavy atom. The Bertz CT molecular complexity index is 747. The second-order valence-corrected chi connectivity index (χ2v) is 5.19. The van der Waals surface area contributed by atoms with Gasteiger partial charge in [0.25, 0.3) is 0 Å². The second kappa shape index (κ2) is 4.78. The topological polar surface area (TPSA) is 57.8 Å². The predicted octanol–water partition coefficient (Wildman–Crippen LogP) is 4.73. The molecule has 0 fully saturated rings. The van der Waals surface area contributed by atoms with E-state index in [-0.39, 0.29) is 5.75 Å². The molecule has 0 amide bonds. The van der Waals surface area contributed by atoms with Gasteiger partial charge in [-0.05, 0) is 48.9 Å². The molecule has 3 rings (SSSR count). The maximum atomic E-state index is 9.18. The van der Waals surface area contributed by atoms with Gasteiger partial charge in [-0.25, -0.2) is 4.98 Å². The molecule has 1 N–H and O–H groups in total. The lowest BCUT2D eigenvalue weighted by Gasteiger charge is -1.91. The van der Waals surface area contributed by atoms with Gasteiger partial charge in [0.05, 0.1) is 15.9 Å². The summed E-state index contributed by atoms with van der Waals surface area (Å²) in [5, 5.41) is 18.0. The number of aryl methyl sites for hydroxylation is 1. The molecule has 0 atom stereocenters. The molecule has 4 nitrogen and oxygen atoms in total. The Balaban J connectivity index is 1.90. The van der Waals surface area contributed by atoms with Gasteiger partial charge >= 0.3 is 0 Å². The maximum Gasteiger partial charge on any atom is 0.231 e. The Kier molecular flexibility index (Phi) is 2.97. The van der Waals surface area contributed by atoms with Gasteiger partial charge in [0.15, 0.2) is 0 Å². The molecule has 0 spiro atoms. The number of thiazole rings is 1. The van der Waals surface area contributed by atoms with Crippen molar-refractivity contribution in [2.24, 2.45) is 10.2 Å². The standard InChI is InChI=1S/C14H11N3OS/c1-9-2-7-12-13(8-9)19-14(15-12)17-16-10-3-5-11(18)6-4-10/h2-8,18H,1H3. The number of aromatic hydroxyl groups is 1. The number of benzene rings is 2. The normalized spacial score (nSPS) is 11.4. The van der Waals surface area contributed by atoms with Gasteiger partial charge in [-0.2, -0.15) is 0 Å². The van der Waals surface area contributed by atoms with E-state index in [2.05, 4.69) is 28.2 Å². The van der Waals surface area contributed by atoms with Crippen LogP contribution in [0.15, 0.2) is 52.7 Å². The molecule has 0 saturated heterocycles. The van der Waals surface area contributed by atoms with Crippen molar-refractivity contribution in [2.75, 3.05) is 0 Å². The Morgan fingerprint density at radius 1 is 1.05 bits per heavy atom.